The highest BCUT2D eigenvalue weighted by molar-refractivity contribution is 7.99. The third kappa shape index (κ3) is 5.39. The fourth-order valence-electron chi connectivity index (χ4n) is 1.24. The van der Waals surface area contributed by atoms with Gasteiger partial charge in [-0.1, -0.05) is 12.1 Å². The number of carbonyl (C=O) groups is 1. The predicted octanol–water partition coefficient (Wildman–Crippen LogP) is 2.13. The highest BCUT2D eigenvalue weighted by Crippen LogP contribution is 2.09. The molecule has 1 rings (SSSR count). The lowest BCUT2D eigenvalue weighted by molar-refractivity contribution is -0.113. The van der Waals surface area contributed by atoms with Crippen molar-refractivity contribution in [1.29, 1.82) is 0 Å². The molecular weight excluding hydrogens is 244 g/mol. The quantitative estimate of drug-likeness (QED) is 0.852. The van der Waals surface area contributed by atoms with Crippen LogP contribution in [0.3, 0.4) is 0 Å². The van der Waals surface area contributed by atoms with Gasteiger partial charge in [-0.05, 0) is 31.0 Å². The molecule has 0 saturated carbocycles. The number of thioether (sulfide) groups is 1. The Morgan fingerprint density at radius 3 is 2.44 bits per heavy atom. The van der Waals surface area contributed by atoms with Crippen molar-refractivity contribution < 1.29 is 4.79 Å². The Morgan fingerprint density at radius 2 is 1.94 bits per heavy atom. The third-order valence-electron chi connectivity index (χ3n) is 1.89. The molecule has 0 aromatic heterocycles. The summed E-state index contributed by atoms with van der Waals surface area (Å²) < 4.78 is 0. The summed E-state index contributed by atoms with van der Waals surface area (Å²) in [5.74, 6) is 0.544. The zero-order valence-corrected chi connectivity index (χ0v) is 11.1. The largest absolute Gasteiger partial charge is 0.325 e. The highest BCUT2D eigenvalue weighted by Gasteiger charge is 2.00. The van der Waals surface area contributed by atoms with Crippen molar-refractivity contribution in [1.82, 2.24) is 5.32 Å². The molecule has 0 bridgehead atoms. The first-order valence-electron chi connectivity index (χ1n) is 4.78. The molecule has 0 unspecified atom stereocenters. The van der Waals surface area contributed by atoms with Gasteiger partial charge >= 0.3 is 0 Å². The van der Waals surface area contributed by atoms with Gasteiger partial charge in [0.15, 0.2) is 0 Å². The van der Waals surface area contributed by atoms with E-state index in [-0.39, 0.29) is 18.3 Å². The number of hydrogen-bond donors (Lipinski definition) is 2. The number of anilines is 1. The molecule has 0 aliphatic rings. The molecule has 0 aliphatic heterocycles. The van der Waals surface area contributed by atoms with E-state index in [0.717, 1.165) is 12.2 Å². The molecule has 0 saturated heterocycles. The van der Waals surface area contributed by atoms with Gasteiger partial charge in [0.2, 0.25) is 5.91 Å². The van der Waals surface area contributed by atoms with Gasteiger partial charge in [-0.3, -0.25) is 4.79 Å². The monoisotopic (exact) mass is 260 g/mol. The fraction of sp³-hybridized carbons (Fsp3) is 0.364. The fourth-order valence-corrected chi connectivity index (χ4v) is 1.57. The second kappa shape index (κ2) is 8.44. The van der Waals surface area contributed by atoms with Gasteiger partial charge in [-0.2, -0.15) is 11.8 Å². The molecule has 0 fully saturated rings. The summed E-state index contributed by atoms with van der Waals surface area (Å²) in [6.07, 6.45) is 1.91. The Bertz CT molecular complexity index is 316. The van der Waals surface area contributed by atoms with Crippen LogP contribution >= 0.6 is 24.2 Å². The van der Waals surface area contributed by atoms with Crippen LogP contribution in [0.25, 0.3) is 0 Å². The summed E-state index contributed by atoms with van der Waals surface area (Å²) in [6.45, 7) is 0.846. The molecule has 0 atom stereocenters. The van der Waals surface area contributed by atoms with Gasteiger partial charge in [0.1, 0.15) is 0 Å². The lowest BCUT2D eigenvalue weighted by atomic mass is 10.2. The number of benzene rings is 1. The zero-order chi connectivity index (χ0) is 11.1. The van der Waals surface area contributed by atoms with Gasteiger partial charge in [0, 0.05) is 12.2 Å². The summed E-state index contributed by atoms with van der Waals surface area (Å²) in [6, 6.07) is 7.85. The van der Waals surface area contributed by atoms with Crippen LogP contribution in [-0.4, -0.2) is 25.0 Å². The molecule has 0 heterocycles. The van der Waals surface area contributed by atoms with Gasteiger partial charge in [0.05, 0.1) is 5.75 Å². The van der Waals surface area contributed by atoms with Crippen molar-refractivity contribution in [3.8, 4) is 0 Å². The average molecular weight is 261 g/mol. The van der Waals surface area contributed by atoms with E-state index >= 15 is 0 Å². The molecule has 0 aliphatic carbocycles. The Kier molecular flexibility index (Phi) is 8.07. The number of hydrogen-bond acceptors (Lipinski definition) is 3. The minimum absolute atomic E-state index is 0. The average Bonchev–Trinajstić information content (AvgIpc) is 2.22. The SMILES string of the molecule is CNCc1ccc(NC(=O)CSC)cc1.Cl. The number of halogens is 1. The maximum Gasteiger partial charge on any atom is 0.234 e. The molecule has 1 aromatic carbocycles. The van der Waals surface area contributed by atoms with Crippen LogP contribution in [0, 0.1) is 0 Å². The molecule has 2 N–H and O–H groups in total. The van der Waals surface area contributed by atoms with Crippen molar-refractivity contribution >= 4 is 35.8 Å². The van der Waals surface area contributed by atoms with E-state index in [1.165, 1.54) is 17.3 Å². The number of carbonyl (C=O) groups excluding carboxylic acids is 1. The molecule has 0 spiro atoms. The molecule has 3 nitrogen and oxygen atoms in total. The summed E-state index contributed by atoms with van der Waals surface area (Å²) >= 11 is 1.52. The van der Waals surface area contributed by atoms with Crippen LogP contribution in [0.1, 0.15) is 5.56 Å². The first-order chi connectivity index (χ1) is 7.26. The number of nitrogens with one attached hydrogen (secondary N) is 2. The summed E-state index contributed by atoms with van der Waals surface area (Å²) in [5.41, 5.74) is 2.06. The molecule has 1 amide bonds. The van der Waals surface area contributed by atoms with Crippen LogP contribution in [0.4, 0.5) is 5.69 Å². The molecule has 1 aromatic rings. The van der Waals surface area contributed by atoms with Crippen molar-refractivity contribution in [3.63, 3.8) is 0 Å². The Labute approximate surface area is 107 Å². The van der Waals surface area contributed by atoms with E-state index in [2.05, 4.69) is 10.6 Å². The van der Waals surface area contributed by atoms with E-state index < -0.39 is 0 Å². The van der Waals surface area contributed by atoms with Crippen molar-refractivity contribution in [2.45, 2.75) is 6.54 Å². The molecule has 0 radical (unpaired) electrons. The standard InChI is InChI=1S/C11H16N2OS.ClH/c1-12-7-9-3-5-10(6-4-9)13-11(14)8-15-2;/h3-6,12H,7-8H2,1-2H3,(H,13,14);1H. The first kappa shape index (κ1) is 15.3. The molecule has 5 heteroatoms. The summed E-state index contributed by atoms with van der Waals surface area (Å²) in [5, 5.41) is 5.91. The Morgan fingerprint density at radius 1 is 1.31 bits per heavy atom. The van der Waals surface area contributed by atoms with Crippen LogP contribution in [0.2, 0.25) is 0 Å². The van der Waals surface area contributed by atoms with Crippen LogP contribution < -0.4 is 10.6 Å². The Balaban J connectivity index is 0.00000225. The molecule has 16 heavy (non-hydrogen) atoms. The topological polar surface area (TPSA) is 41.1 Å². The predicted molar refractivity (Wildman–Crippen MR) is 73.5 cm³/mol. The zero-order valence-electron chi connectivity index (χ0n) is 9.45. The third-order valence-corrected chi connectivity index (χ3v) is 2.44. The summed E-state index contributed by atoms with van der Waals surface area (Å²) in [7, 11) is 1.91. The second-order valence-corrected chi connectivity index (χ2v) is 4.07. The number of rotatable bonds is 5. The van der Waals surface area contributed by atoms with E-state index in [1.807, 2.05) is 37.6 Å². The van der Waals surface area contributed by atoms with Gasteiger partial charge in [-0.25, -0.2) is 0 Å². The van der Waals surface area contributed by atoms with Crippen molar-refractivity contribution in [2.75, 3.05) is 24.4 Å². The normalized spacial score (nSPS) is 9.38. The van der Waals surface area contributed by atoms with Crippen LogP contribution in [0.5, 0.6) is 0 Å². The van der Waals surface area contributed by atoms with E-state index in [0.29, 0.717) is 5.75 Å². The second-order valence-electron chi connectivity index (χ2n) is 3.21. The van der Waals surface area contributed by atoms with E-state index in [9.17, 15) is 4.79 Å². The van der Waals surface area contributed by atoms with Gasteiger partial charge in [0.25, 0.3) is 0 Å². The van der Waals surface area contributed by atoms with Crippen LogP contribution in [-0.2, 0) is 11.3 Å². The van der Waals surface area contributed by atoms with E-state index in [1.54, 1.807) is 0 Å². The number of amides is 1. The van der Waals surface area contributed by atoms with E-state index in [4.69, 9.17) is 0 Å². The lowest BCUT2D eigenvalue weighted by Crippen LogP contribution is -2.13. The maximum atomic E-state index is 11.3. The first-order valence-corrected chi connectivity index (χ1v) is 6.18. The Hall–Kier alpha value is -0.710. The van der Waals surface area contributed by atoms with Crippen LogP contribution in [0.15, 0.2) is 24.3 Å². The highest BCUT2D eigenvalue weighted by atomic mass is 35.5. The molecule has 90 valence electrons. The van der Waals surface area contributed by atoms with Gasteiger partial charge in [-0.15, -0.1) is 12.4 Å². The van der Waals surface area contributed by atoms with Gasteiger partial charge < -0.3 is 10.6 Å². The minimum atomic E-state index is 0. The van der Waals surface area contributed by atoms with Crippen molar-refractivity contribution in [3.05, 3.63) is 29.8 Å². The van der Waals surface area contributed by atoms with Crippen molar-refractivity contribution in [2.24, 2.45) is 0 Å². The summed E-state index contributed by atoms with van der Waals surface area (Å²) in [4.78, 5) is 11.3. The minimum Gasteiger partial charge on any atom is -0.325 e. The maximum absolute atomic E-state index is 11.3. The molecular formula is C11H17ClN2OS. The lowest BCUT2D eigenvalue weighted by Gasteiger charge is -2.05. The smallest absolute Gasteiger partial charge is 0.234 e.